The average Bonchev–Trinajstić information content (AvgIpc) is 3.08. The summed E-state index contributed by atoms with van der Waals surface area (Å²) in [6.45, 7) is 4.15. The van der Waals surface area contributed by atoms with Crippen molar-refractivity contribution in [2.75, 3.05) is 32.3 Å². The first-order chi connectivity index (χ1) is 15.6. The van der Waals surface area contributed by atoms with Crippen LogP contribution in [0.5, 0.6) is 17.2 Å². The van der Waals surface area contributed by atoms with Crippen LogP contribution >= 0.6 is 0 Å². The number of methoxy groups -OCH3 is 2. The quantitative estimate of drug-likeness (QED) is 0.533. The van der Waals surface area contributed by atoms with Crippen molar-refractivity contribution in [2.45, 2.75) is 42.6 Å². The zero-order valence-corrected chi connectivity index (χ0v) is 20.9. The van der Waals surface area contributed by atoms with E-state index < -0.39 is 36.7 Å². The Bertz CT molecular complexity index is 1160. The maximum atomic E-state index is 13.3. The Hall–Kier alpha value is -2.30. The third kappa shape index (κ3) is 6.18. The number of nitrogens with one attached hydrogen (secondary N) is 1. The molecule has 182 valence electrons. The van der Waals surface area contributed by atoms with E-state index in [1.54, 1.807) is 38.5 Å². The first-order valence-corrected chi connectivity index (χ1v) is 14.1. The number of rotatable bonds is 10. The van der Waals surface area contributed by atoms with Crippen molar-refractivity contribution >= 4 is 19.7 Å². The van der Waals surface area contributed by atoms with E-state index in [4.69, 9.17) is 14.2 Å². The minimum absolute atomic E-state index is 0.0378. The van der Waals surface area contributed by atoms with E-state index >= 15 is 0 Å². The molecule has 2 aromatic carbocycles. The molecule has 1 N–H and O–H groups in total. The Balaban J connectivity index is 1.75. The summed E-state index contributed by atoms with van der Waals surface area (Å²) in [6, 6.07) is 10.9. The fourth-order valence-electron chi connectivity index (χ4n) is 3.94. The van der Waals surface area contributed by atoms with Gasteiger partial charge in [-0.2, -0.15) is 0 Å². The first-order valence-electron chi connectivity index (χ1n) is 10.7. The Morgan fingerprint density at radius 3 is 2.27 bits per heavy atom. The van der Waals surface area contributed by atoms with Crippen LogP contribution in [-0.4, -0.2) is 66.5 Å². The van der Waals surface area contributed by atoms with E-state index in [2.05, 4.69) is 5.32 Å². The normalized spacial score (nSPS) is 20.0. The lowest BCUT2D eigenvalue weighted by molar-refractivity contribution is 0.242. The van der Waals surface area contributed by atoms with Gasteiger partial charge in [0.25, 0.3) is 0 Å². The van der Waals surface area contributed by atoms with Gasteiger partial charge in [0.2, 0.25) is 0 Å². The largest absolute Gasteiger partial charge is 0.497 e. The van der Waals surface area contributed by atoms with Crippen LogP contribution in [0.25, 0.3) is 0 Å². The number of ether oxygens (including phenoxy) is 3. The summed E-state index contributed by atoms with van der Waals surface area (Å²) < 4.78 is 67.5. The van der Waals surface area contributed by atoms with Crippen molar-refractivity contribution in [3.63, 3.8) is 0 Å². The Morgan fingerprint density at radius 1 is 1.00 bits per heavy atom. The molecule has 0 unspecified atom stereocenters. The summed E-state index contributed by atoms with van der Waals surface area (Å²) >= 11 is 0. The third-order valence-corrected chi connectivity index (χ3v) is 9.68. The van der Waals surface area contributed by atoms with Gasteiger partial charge < -0.3 is 19.5 Å². The highest BCUT2D eigenvalue weighted by atomic mass is 32.2. The molecule has 2 atom stereocenters. The van der Waals surface area contributed by atoms with Crippen molar-refractivity contribution < 1.29 is 31.0 Å². The van der Waals surface area contributed by atoms with Crippen LogP contribution in [0.1, 0.15) is 19.4 Å². The number of benzene rings is 2. The number of hydrogen-bond acceptors (Lipinski definition) is 8. The maximum Gasteiger partial charge on any atom is 0.183 e. The van der Waals surface area contributed by atoms with Crippen LogP contribution in [0.4, 0.5) is 0 Å². The van der Waals surface area contributed by atoms with Crippen molar-refractivity contribution in [2.24, 2.45) is 0 Å². The Labute approximate surface area is 196 Å². The highest BCUT2D eigenvalue weighted by molar-refractivity contribution is 7.96. The molecule has 0 aromatic heterocycles. The smallest absolute Gasteiger partial charge is 0.183 e. The fourth-order valence-corrected chi connectivity index (χ4v) is 8.65. The minimum atomic E-state index is -3.86. The lowest BCUT2D eigenvalue weighted by atomic mass is 10.1. The van der Waals surface area contributed by atoms with Crippen molar-refractivity contribution in [1.29, 1.82) is 0 Å². The van der Waals surface area contributed by atoms with Crippen LogP contribution in [0.3, 0.4) is 0 Å². The van der Waals surface area contributed by atoms with Gasteiger partial charge in [-0.3, -0.25) is 0 Å². The molecule has 10 heteroatoms. The van der Waals surface area contributed by atoms with E-state index in [0.717, 1.165) is 5.56 Å². The SMILES string of the molecule is COc1ccc(OC)c(CCN[C@H]2CS(=O)(=O)C[C@@H]2S(=O)(=O)c2ccc(OC(C)C)cc2)c1. The molecule has 8 nitrogen and oxygen atoms in total. The molecule has 0 bridgehead atoms. The summed E-state index contributed by atoms with van der Waals surface area (Å²) in [5, 5.41) is 2.10. The predicted molar refractivity (Wildman–Crippen MR) is 127 cm³/mol. The monoisotopic (exact) mass is 497 g/mol. The second-order valence-corrected chi connectivity index (χ2v) is 12.6. The predicted octanol–water partition coefficient (Wildman–Crippen LogP) is 2.26. The molecule has 0 saturated carbocycles. The molecule has 1 aliphatic heterocycles. The number of hydrogen-bond donors (Lipinski definition) is 1. The van der Waals surface area contributed by atoms with Crippen molar-refractivity contribution in [1.82, 2.24) is 5.32 Å². The van der Waals surface area contributed by atoms with E-state index in [1.165, 1.54) is 12.1 Å². The fraction of sp³-hybridized carbons (Fsp3) is 0.478. The van der Waals surface area contributed by atoms with E-state index in [1.807, 2.05) is 19.9 Å². The van der Waals surface area contributed by atoms with Crippen LogP contribution < -0.4 is 19.5 Å². The highest BCUT2D eigenvalue weighted by Crippen LogP contribution is 2.28. The molecule has 1 saturated heterocycles. The van der Waals surface area contributed by atoms with Gasteiger partial charge in [-0.05, 0) is 74.8 Å². The van der Waals surface area contributed by atoms with Gasteiger partial charge in [0.05, 0.1) is 42.0 Å². The van der Waals surface area contributed by atoms with Crippen molar-refractivity contribution in [3.05, 3.63) is 48.0 Å². The summed E-state index contributed by atoms with van der Waals surface area (Å²) in [6.07, 6.45) is 0.481. The van der Waals surface area contributed by atoms with Gasteiger partial charge in [0, 0.05) is 6.04 Å². The molecule has 1 aliphatic rings. The standard InChI is InChI=1S/C23H31NO7S2/c1-16(2)31-18-5-8-20(9-6-18)33(27,28)23-15-32(25,26)14-21(23)24-12-11-17-13-19(29-3)7-10-22(17)30-4/h5-10,13,16,21,23-24H,11-12,14-15H2,1-4H3/t21-,23-/m0/s1. The van der Waals surface area contributed by atoms with Crippen LogP contribution in [0.15, 0.2) is 47.4 Å². The molecule has 33 heavy (non-hydrogen) atoms. The average molecular weight is 498 g/mol. The maximum absolute atomic E-state index is 13.3. The van der Waals surface area contributed by atoms with Gasteiger partial charge in [0.1, 0.15) is 17.2 Å². The molecule has 1 fully saturated rings. The van der Waals surface area contributed by atoms with Gasteiger partial charge in [-0.1, -0.05) is 0 Å². The third-order valence-electron chi connectivity index (χ3n) is 5.51. The van der Waals surface area contributed by atoms with Gasteiger partial charge >= 0.3 is 0 Å². The topological polar surface area (TPSA) is 108 Å². The lowest BCUT2D eigenvalue weighted by Crippen LogP contribution is -2.44. The second kappa shape index (κ2) is 10.3. The van der Waals surface area contributed by atoms with Crippen LogP contribution in [-0.2, 0) is 26.1 Å². The number of sulfone groups is 2. The molecule has 0 amide bonds. The highest BCUT2D eigenvalue weighted by Gasteiger charge is 2.45. The minimum Gasteiger partial charge on any atom is -0.497 e. The first kappa shape index (κ1) is 25.3. The molecular formula is C23H31NO7S2. The molecular weight excluding hydrogens is 466 g/mol. The summed E-state index contributed by atoms with van der Waals surface area (Å²) in [4.78, 5) is 0.0852. The summed E-state index contributed by atoms with van der Waals surface area (Å²) in [7, 11) is -4.21. The van der Waals surface area contributed by atoms with E-state index in [9.17, 15) is 16.8 Å². The summed E-state index contributed by atoms with van der Waals surface area (Å²) in [5.41, 5.74) is 0.880. The molecule has 0 aliphatic carbocycles. The molecule has 1 heterocycles. The second-order valence-electron chi connectivity index (χ2n) is 8.29. The zero-order chi connectivity index (χ0) is 24.2. The van der Waals surface area contributed by atoms with E-state index in [0.29, 0.717) is 30.2 Å². The molecule has 3 rings (SSSR count). The lowest BCUT2D eigenvalue weighted by Gasteiger charge is -2.20. The zero-order valence-electron chi connectivity index (χ0n) is 19.3. The van der Waals surface area contributed by atoms with Crippen molar-refractivity contribution in [3.8, 4) is 17.2 Å². The van der Waals surface area contributed by atoms with Crippen LogP contribution in [0, 0.1) is 0 Å². The van der Waals surface area contributed by atoms with Crippen LogP contribution in [0.2, 0.25) is 0 Å². The Morgan fingerprint density at radius 2 is 1.67 bits per heavy atom. The Kier molecular flexibility index (Phi) is 7.92. The summed E-state index contributed by atoms with van der Waals surface area (Å²) in [5.74, 6) is 1.30. The van der Waals surface area contributed by atoms with Gasteiger partial charge in [-0.25, -0.2) is 16.8 Å². The molecule has 0 spiro atoms. The molecule has 0 radical (unpaired) electrons. The van der Waals surface area contributed by atoms with Gasteiger partial charge in [-0.15, -0.1) is 0 Å². The van der Waals surface area contributed by atoms with E-state index in [-0.39, 0.29) is 16.8 Å². The molecule has 2 aromatic rings. The van der Waals surface area contributed by atoms with Gasteiger partial charge in [0.15, 0.2) is 19.7 Å².